The number of hydrogen-bond donors (Lipinski definition) is 1. The number of halogens is 1. The summed E-state index contributed by atoms with van der Waals surface area (Å²) in [5, 5.41) is 5.29. The maximum Gasteiger partial charge on any atom is 0.243 e. The van der Waals surface area contributed by atoms with E-state index in [0.29, 0.717) is 18.0 Å². The molecule has 0 aliphatic carbocycles. The number of sulfonamides is 1. The first-order valence-electron chi connectivity index (χ1n) is 9.92. The fraction of sp³-hybridized carbons (Fsp3) is 0.273. The van der Waals surface area contributed by atoms with Gasteiger partial charge in [-0.1, -0.05) is 29.8 Å². The lowest BCUT2D eigenvalue weighted by Gasteiger charge is -2.30. The third-order valence-corrected chi connectivity index (χ3v) is 8.03. The smallest absolute Gasteiger partial charge is 0.243 e. The van der Waals surface area contributed by atoms with Crippen LogP contribution in [0.5, 0.6) is 0 Å². The Kier molecular flexibility index (Phi) is 6.17. The second-order valence-corrected chi connectivity index (χ2v) is 10.3. The van der Waals surface area contributed by atoms with Crippen molar-refractivity contribution in [3.05, 3.63) is 65.3 Å². The highest BCUT2D eigenvalue weighted by atomic mass is 32.2. The van der Waals surface area contributed by atoms with Crippen LogP contribution in [0.25, 0.3) is 11.3 Å². The molecule has 1 N–H and O–H groups in total. The summed E-state index contributed by atoms with van der Waals surface area (Å²) in [6.07, 6.45) is 0.838. The Morgan fingerprint density at radius 1 is 1.10 bits per heavy atom. The maximum absolute atomic E-state index is 13.1. The number of amides is 1. The number of benzene rings is 2. The molecule has 0 radical (unpaired) electrons. The largest absolute Gasteiger partial charge is 0.302 e. The number of hydrogen-bond acceptors (Lipinski definition) is 5. The number of carbonyl (C=O) groups is 1. The van der Waals surface area contributed by atoms with Crippen molar-refractivity contribution < 1.29 is 17.6 Å². The number of anilines is 1. The van der Waals surface area contributed by atoms with Gasteiger partial charge in [0.25, 0.3) is 0 Å². The van der Waals surface area contributed by atoms with Gasteiger partial charge in [-0.25, -0.2) is 17.8 Å². The molecule has 1 aliphatic rings. The molecular formula is C22H22FN3O3S2. The third-order valence-electron chi connectivity index (χ3n) is 5.36. The first kappa shape index (κ1) is 21.6. The zero-order valence-electron chi connectivity index (χ0n) is 16.9. The van der Waals surface area contributed by atoms with Gasteiger partial charge in [-0.2, -0.15) is 4.31 Å². The Hall–Kier alpha value is -2.62. The number of rotatable bonds is 5. The van der Waals surface area contributed by atoms with Gasteiger partial charge < -0.3 is 5.32 Å². The van der Waals surface area contributed by atoms with Gasteiger partial charge in [0.2, 0.25) is 15.9 Å². The highest BCUT2D eigenvalue weighted by Gasteiger charge is 2.32. The fourth-order valence-electron chi connectivity index (χ4n) is 3.51. The van der Waals surface area contributed by atoms with Gasteiger partial charge in [-0.15, -0.1) is 11.3 Å². The highest BCUT2D eigenvalue weighted by Crippen LogP contribution is 2.28. The van der Waals surface area contributed by atoms with Crippen LogP contribution in [0.2, 0.25) is 0 Å². The molecule has 3 aromatic rings. The van der Waals surface area contributed by atoms with Crippen molar-refractivity contribution in [1.82, 2.24) is 9.29 Å². The summed E-state index contributed by atoms with van der Waals surface area (Å²) >= 11 is 1.36. The average molecular weight is 460 g/mol. The first-order chi connectivity index (χ1) is 14.8. The van der Waals surface area contributed by atoms with Crippen LogP contribution in [-0.2, 0) is 14.8 Å². The number of aryl methyl sites for hydroxylation is 1. The molecule has 4 rings (SSSR count). The summed E-state index contributed by atoms with van der Waals surface area (Å²) < 4.78 is 39.9. The standard InChI is InChI=1S/C22H22FN3O3S2/c1-15-2-4-16(5-3-15)20-14-30-22(24-20)25-21(27)17-10-12-26(13-11-17)31(28,29)19-8-6-18(23)7-9-19/h2-9,14,17H,10-13H2,1H3,(H,24,25,27). The third kappa shape index (κ3) is 4.84. The maximum atomic E-state index is 13.1. The molecule has 0 unspecified atom stereocenters. The van der Waals surface area contributed by atoms with Gasteiger partial charge >= 0.3 is 0 Å². The Balaban J connectivity index is 1.35. The summed E-state index contributed by atoms with van der Waals surface area (Å²) in [6.45, 7) is 2.50. The monoisotopic (exact) mass is 459 g/mol. The molecular weight excluding hydrogens is 437 g/mol. The molecule has 6 nitrogen and oxygen atoms in total. The van der Waals surface area contributed by atoms with E-state index in [0.717, 1.165) is 23.4 Å². The molecule has 9 heteroatoms. The molecule has 1 aliphatic heterocycles. The minimum absolute atomic E-state index is 0.0585. The van der Waals surface area contributed by atoms with Crippen LogP contribution in [0.1, 0.15) is 18.4 Å². The van der Waals surface area contributed by atoms with E-state index in [2.05, 4.69) is 10.3 Å². The molecule has 1 fully saturated rings. The zero-order valence-corrected chi connectivity index (χ0v) is 18.5. The highest BCUT2D eigenvalue weighted by molar-refractivity contribution is 7.89. The molecule has 1 saturated heterocycles. The number of aromatic nitrogens is 1. The molecule has 0 spiro atoms. The number of thiazole rings is 1. The lowest BCUT2D eigenvalue weighted by Crippen LogP contribution is -2.41. The molecule has 162 valence electrons. The van der Waals surface area contributed by atoms with Crippen molar-refractivity contribution in [2.24, 2.45) is 5.92 Å². The number of nitrogens with one attached hydrogen (secondary N) is 1. The van der Waals surface area contributed by atoms with E-state index >= 15 is 0 Å². The van der Waals surface area contributed by atoms with E-state index in [1.165, 1.54) is 33.3 Å². The van der Waals surface area contributed by atoms with Crippen molar-refractivity contribution in [3.8, 4) is 11.3 Å². The van der Waals surface area contributed by atoms with E-state index < -0.39 is 15.8 Å². The molecule has 0 saturated carbocycles. The van der Waals surface area contributed by atoms with Gasteiger partial charge in [-0.05, 0) is 44.0 Å². The molecule has 2 heterocycles. The van der Waals surface area contributed by atoms with Crippen LogP contribution in [0.4, 0.5) is 9.52 Å². The van der Waals surface area contributed by atoms with Crippen molar-refractivity contribution >= 4 is 32.4 Å². The average Bonchev–Trinajstić information content (AvgIpc) is 3.23. The van der Waals surface area contributed by atoms with Crippen LogP contribution < -0.4 is 5.32 Å². The van der Waals surface area contributed by atoms with Gasteiger partial charge in [0.15, 0.2) is 5.13 Å². The fourth-order valence-corrected chi connectivity index (χ4v) is 5.70. The molecule has 1 aromatic heterocycles. The SMILES string of the molecule is Cc1ccc(-c2csc(NC(=O)C3CCN(S(=O)(=O)c4ccc(F)cc4)CC3)n2)cc1. The van der Waals surface area contributed by atoms with Crippen molar-refractivity contribution in [2.45, 2.75) is 24.7 Å². The zero-order chi connectivity index (χ0) is 22.0. The van der Waals surface area contributed by atoms with Crippen LogP contribution in [0, 0.1) is 18.7 Å². The Labute approximate surface area is 184 Å². The second kappa shape index (κ2) is 8.86. The van der Waals surface area contributed by atoms with E-state index in [9.17, 15) is 17.6 Å². The Bertz CT molecular complexity index is 1170. The van der Waals surface area contributed by atoms with E-state index in [4.69, 9.17) is 0 Å². The summed E-state index contributed by atoms with van der Waals surface area (Å²) in [5.74, 6) is -0.919. The van der Waals surface area contributed by atoms with Crippen LogP contribution in [-0.4, -0.2) is 36.7 Å². The van der Waals surface area contributed by atoms with Crippen LogP contribution in [0.3, 0.4) is 0 Å². The number of nitrogens with zero attached hydrogens (tertiary/aromatic N) is 2. The van der Waals surface area contributed by atoms with Gasteiger partial charge in [0, 0.05) is 30.0 Å². The quantitative estimate of drug-likeness (QED) is 0.617. The predicted molar refractivity (Wildman–Crippen MR) is 119 cm³/mol. The van der Waals surface area contributed by atoms with E-state index in [1.807, 2.05) is 36.6 Å². The van der Waals surface area contributed by atoms with Crippen molar-refractivity contribution in [3.63, 3.8) is 0 Å². The molecule has 31 heavy (non-hydrogen) atoms. The van der Waals surface area contributed by atoms with Crippen LogP contribution in [0.15, 0.2) is 58.8 Å². The predicted octanol–water partition coefficient (Wildman–Crippen LogP) is 4.30. The van der Waals surface area contributed by atoms with Gasteiger partial charge in [0.1, 0.15) is 5.82 Å². The van der Waals surface area contributed by atoms with Crippen molar-refractivity contribution in [2.75, 3.05) is 18.4 Å². The Morgan fingerprint density at radius 3 is 2.39 bits per heavy atom. The topological polar surface area (TPSA) is 79.4 Å². The summed E-state index contributed by atoms with van der Waals surface area (Å²) in [5.41, 5.74) is 2.96. The summed E-state index contributed by atoms with van der Waals surface area (Å²) in [4.78, 5) is 17.2. The first-order valence-corrected chi connectivity index (χ1v) is 12.2. The molecule has 1 amide bonds. The van der Waals surface area contributed by atoms with Gasteiger partial charge in [-0.3, -0.25) is 4.79 Å². The molecule has 2 aromatic carbocycles. The lowest BCUT2D eigenvalue weighted by atomic mass is 9.97. The normalized spacial score (nSPS) is 15.7. The number of carbonyl (C=O) groups excluding carboxylic acids is 1. The van der Waals surface area contributed by atoms with Crippen LogP contribution >= 0.6 is 11.3 Å². The summed E-state index contributed by atoms with van der Waals surface area (Å²) in [7, 11) is -3.69. The molecule has 0 atom stereocenters. The van der Waals surface area contributed by atoms with Crippen molar-refractivity contribution in [1.29, 1.82) is 0 Å². The van der Waals surface area contributed by atoms with E-state index in [1.54, 1.807) is 0 Å². The minimum atomic E-state index is -3.69. The minimum Gasteiger partial charge on any atom is -0.302 e. The molecule has 0 bridgehead atoms. The van der Waals surface area contributed by atoms with E-state index in [-0.39, 0.29) is 29.8 Å². The summed E-state index contributed by atoms with van der Waals surface area (Å²) in [6, 6.07) is 12.8. The van der Waals surface area contributed by atoms with Gasteiger partial charge in [0.05, 0.1) is 10.6 Å². The lowest BCUT2D eigenvalue weighted by molar-refractivity contribution is -0.120. The second-order valence-electron chi connectivity index (χ2n) is 7.53. The number of piperidine rings is 1. The Morgan fingerprint density at radius 2 is 1.74 bits per heavy atom.